The van der Waals surface area contributed by atoms with Gasteiger partial charge < -0.3 is 20.7 Å². The lowest BCUT2D eigenvalue weighted by Gasteiger charge is -2.19. The van der Waals surface area contributed by atoms with Crippen LogP contribution in [0.4, 0.5) is 0 Å². The van der Waals surface area contributed by atoms with Crippen molar-refractivity contribution in [1.29, 1.82) is 0 Å². The van der Waals surface area contributed by atoms with Crippen molar-refractivity contribution in [3.8, 4) is 0 Å². The van der Waals surface area contributed by atoms with E-state index in [-0.39, 0.29) is 12.5 Å². The quantitative estimate of drug-likeness (QED) is 0.732. The molecule has 102 valence electrons. The number of aromatic nitrogens is 1. The van der Waals surface area contributed by atoms with Crippen molar-refractivity contribution in [2.45, 2.75) is 12.5 Å². The van der Waals surface area contributed by atoms with Crippen molar-refractivity contribution in [3.63, 3.8) is 0 Å². The van der Waals surface area contributed by atoms with Crippen molar-refractivity contribution in [2.75, 3.05) is 20.1 Å². The molecule has 2 aromatic rings. The number of aliphatic hydroxyl groups excluding tert-OH is 1. The van der Waals surface area contributed by atoms with E-state index in [1.807, 2.05) is 24.4 Å². The number of likely N-dealkylation sites (N-methyl/N-ethyl adjacent to an activating group) is 1. The summed E-state index contributed by atoms with van der Waals surface area (Å²) in [7, 11) is 1.68. The number of aromatic amines is 1. The number of nitrogens with two attached hydrogens (primary N) is 1. The summed E-state index contributed by atoms with van der Waals surface area (Å²) in [5, 5.41) is 10.6. The summed E-state index contributed by atoms with van der Waals surface area (Å²) in [5.74, 6) is -0.331. The topological polar surface area (TPSA) is 82.3 Å². The molecule has 0 radical (unpaired) electrons. The summed E-state index contributed by atoms with van der Waals surface area (Å²) in [6.07, 6.45) is 1.60. The zero-order valence-corrected chi connectivity index (χ0v) is 11.0. The van der Waals surface area contributed by atoms with Crippen LogP contribution < -0.4 is 5.73 Å². The molecule has 1 aromatic heterocycles. The van der Waals surface area contributed by atoms with Gasteiger partial charge in [-0.05, 0) is 18.1 Å². The van der Waals surface area contributed by atoms with Gasteiger partial charge in [-0.25, -0.2) is 0 Å². The molecule has 0 aliphatic rings. The van der Waals surface area contributed by atoms with Gasteiger partial charge >= 0.3 is 0 Å². The molecule has 0 fully saturated rings. The second kappa shape index (κ2) is 5.86. The molecule has 0 aliphatic carbocycles. The van der Waals surface area contributed by atoms with E-state index in [0.717, 1.165) is 17.5 Å². The number of para-hydroxylation sites is 1. The normalized spacial score (nSPS) is 12.6. The number of rotatable bonds is 5. The van der Waals surface area contributed by atoms with E-state index < -0.39 is 6.10 Å². The monoisotopic (exact) mass is 261 g/mol. The van der Waals surface area contributed by atoms with Gasteiger partial charge in [-0.3, -0.25) is 4.79 Å². The molecule has 2 rings (SSSR count). The van der Waals surface area contributed by atoms with Crippen molar-refractivity contribution < 1.29 is 9.90 Å². The lowest BCUT2D eigenvalue weighted by Crippen LogP contribution is -2.41. The molecule has 1 unspecified atom stereocenters. The lowest BCUT2D eigenvalue weighted by atomic mass is 10.1. The highest BCUT2D eigenvalue weighted by atomic mass is 16.3. The second-order valence-electron chi connectivity index (χ2n) is 4.62. The number of fused-ring (bicyclic) bond motifs is 1. The zero-order valence-electron chi connectivity index (χ0n) is 11.0. The first-order valence-electron chi connectivity index (χ1n) is 6.31. The molecule has 0 spiro atoms. The SMILES string of the molecule is CN(CCc1c[nH]c2ccccc12)C(=O)C(O)CN. The Morgan fingerprint density at radius 1 is 1.47 bits per heavy atom. The van der Waals surface area contributed by atoms with Crippen molar-refractivity contribution in [1.82, 2.24) is 9.88 Å². The number of aliphatic hydroxyl groups is 1. The maximum Gasteiger partial charge on any atom is 0.252 e. The summed E-state index contributed by atoms with van der Waals surface area (Å²) in [6.45, 7) is 0.508. The Labute approximate surface area is 112 Å². The molecular weight excluding hydrogens is 242 g/mol. The molecule has 5 heteroatoms. The minimum absolute atomic E-state index is 0.0454. The first-order chi connectivity index (χ1) is 9.13. The number of carbonyl (C=O) groups is 1. The number of carbonyl (C=O) groups excluding carboxylic acids is 1. The molecule has 0 aliphatic heterocycles. The van der Waals surface area contributed by atoms with Gasteiger partial charge in [0.2, 0.25) is 0 Å². The molecule has 1 heterocycles. The Hall–Kier alpha value is -1.85. The molecule has 0 saturated heterocycles. The van der Waals surface area contributed by atoms with Crippen LogP contribution in [0.5, 0.6) is 0 Å². The molecule has 1 amide bonds. The third-order valence-electron chi connectivity index (χ3n) is 3.28. The van der Waals surface area contributed by atoms with Crippen molar-refractivity contribution in [2.24, 2.45) is 5.73 Å². The van der Waals surface area contributed by atoms with Gasteiger partial charge in [0.15, 0.2) is 0 Å². The van der Waals surface area contributed by atoms with Gasteiger partial charge in [-0.1, -0.05) is 18.2 Å². The van der Waals surface area contributed by atoms with Crippen LogP contribution in [0.25, 0.3) is 10.9 Å². The van der Waals surface area contributed by atoms with E-state index in [1.54, 1.807) is 7.05 Å². The van der Waals surface area contributed by atoms with Crippen molar-refractivity contribution >= 4 is 16.8 Å². The maximum atomic E-state index is 11.7. The van der Waals surface area contributed by atoms with Crippen LogP contribution in [0.15, 0.2) is 30.5 Å². The number of hydrogen-bond donors (Lipinski definition) is 3. The number of benzene rings is 1. The predicted octanol–water partition coefficient (Wildman–Crippen LogP) is 0.488. The first-order valence-corrected chi connectivity index (χ1v) is 6.31. The average molecular weight is 261 g/mol. The Bertz CT molecular complexity index is 565. The Balaban J connectivity index is 2.01. The highest BCUT2D eigenvalue weighted by Gasteiger charge is 2.17. The van der Waals surface area contributed by atoms with Crippen LogP contribution in [0, 0.1) is 0 Å². The van der Waals surface area contributed by atoms with Gasteiger partial charge in [0.1, 0.15) is 6.10 Å². The molecule has 1 aromatic carbocycles. The predicted molar refractivity (Wildman–Crippen MR) is 74.7 cm³/mol. The number of nitrogens with one attached hydrogen (secondary N) is 1. The number of amides is 1. The van der Waals surface area contributed by atoms with E-state index in [0.29, 0.717) is 6.54 Å². The highest BCUT2D eigenvalue weighted by Crippen LogP contribution is 2.18. The molecule has 0 saturated carbocycles. The lowest BCUT2D eigenvalue weighted by molar-refractivity contribution is -0.138. The summed E-state index contributed by atoms with van der Waals surface area (Å²) >= 11 is 0. The molecule has 19 heavy (non-hydrogen) atoms. The van der Waals surface area contributed by atoms with E-state index in [1.165, 1.54) is 10.3 Å². The fourth-order valence-corrected chi connectivity index (χ4v) is 2.09. The molecule has 1 atom stereocenters. The van der Waals surface area contributed by atoms with Gasteiger partial charge in [0, 0.05) is 37.2 Å². The van der Waals surface area contributed by atoms with Crippen LogP contribution in [-0.4, -0.2) is 47.1 Å². The molecular formula is C14H19N3O2. The second-order valence-corrected chi connectivity index (χ2v) is 4.62. The van der Waals surface area contributed by atoms with Gasteiger partial charge in [-0.2, -0.15) is 0 Å². The van der Waals surface area contributed by atoms with Crippen LogP contribution >= 0.6 is 0 Å². The van der Waals surface area contributed by atoms with Crippen LogP contribution in [0.1, 0.15) is 5.56 Å². The first kappa shape index (κ1) is 13.6. The Kier molecular flexibility index (Phi) is 4.19. The van der Waals surface area contributed by atoms with E-state index in [4.69, 9.17) is 5.73 Å². The van der Waals surface area contributed by atoms with Crippen LogP contribution in [-0.2, 0) is 11.2 Å². The standard InChI is InChI=1S/C14H19N3O2/c1-17(14(19)13(18)8-15)7-6-10-9-16-12-5-3-2-4-11(10)12/h2-5,9,13,16,18H,6-8,15H2,1H3. The van der Waals surface area contributed by atoms with Gasteiger partial charge in [-0.15, -0.1) is 0 Å². The average Bonchev–Trinajstić information content (AvgIpc) is 2.86. The van der Waals surface area contributed by atoms with Crippen LogP contribution in [0.2, 0.25) is 0 Å². The minimum Gasteiger partial charge on any atom is -0.382 e. The molecule has 0 bridgehead atoms. The summed E-state index contributed by atoms with van der Waals surface area (Å²) in [6, 6.07) is 8.05. The maximum absolute atomic E-state index is 11.7. The van der Waals surface area contributed by atoms with Crippen molar-refractivity contribution in [3.05, 3.63) is 36.0 Å². The summed E-state index contributed by atoms with van der Waals surface area (Å²) in [5.41, 5.74) is 7.53. The molecule has 5 nitrogen and oxygen atoms in total. The van der Waals surface area contributed by atoms with Crippen LogP contribution in [0.3, 0.4) is 0 Å². The minimum atomic E-state index is -1.10. The summed E-state index contributed by atoms with van der Waals surface area (Å²) in [4.78, 5) is 16.4. The number of H-pyrrole nitrogens is 1. The Morgan fingerprint density at radius 2 is 2.21 bits per heavy atom. The zero-order chi connectivity index (χ0) is 13.8. The number of nitrogens with zero attached hydrogens (tertiary/aromatic N) is 1. The fourth-order valence-electron chi connectivity index (χ4n) is 2.09. The van der Waals surface area contributed by atoms with Gasteiger partial charge in [0.05, 0.1) is 0 Å². The molecule has 4 N–H and O–H groups in total. The largest absolute Gasteiger partial charge is 0.382 e. The smallest absolute Gasteiger partial charge is 0.252 e. The van der Waals surface area contributed by atoms with E-state index >= 15 is 0 Å². The summed E-state index contributed by atoms with van der Waals surface area (Å²) < 4.78 is 0. The van der Waals surface area contributed by atoms with Gasteiger partial charge in [0.25, 0.3) is 5.91 Å². The third kappa shape index (κ3) is 2.94. The number of hydrogen-bond acceptors (Lipinski definition) is 3. The Morgan fingerprint density at radius 3 is 2.95 bits per heavy atom. The highest BCUT2D eigenvalue weighted by molar-refractivity contribution is 5.83. The van der Waals surface area contributed by atoms with E-state index in [9.17, 15) is 9.90 Å². The fraction of sp³-hybridized carbons (Fsp3) is 0.357. The van der Waals surface area contributed by atoms with E-state index in [2.05, 4.69) is 11.1 Å². The third-order valence-corrected chi connectivity index (χ3v) is 3.28.